The average Bonchev–Trinajstić information content (AvgIpc) is 2.82. The SMILES string of the molecule is CN(CCOc1ccccc1F)c1snc(Cl)c1C#N. The fourth-order valence-corrected chi connectivity index (χ4v) is 2.59. The number of halogens is 2. The monoisotopic (exact) mass is 311 g/mol. The van der Waals surface area contributed by atoms with E-state index in [2.05, 4.69) is 4.37 Å². The predicted molar refractivity (Wildman–Crippen MR) is 77.0 cm³/mol. The van der Waals surface area contributed by atoms with Crippen molar-refractivity contribution in [2.45, 2.75) is 0 Å². The van der Waals surface area contributed by atoms with E-state index in [0.29, 0.717) is 17.1 Å². The number of hydrogen-bond donors (Lipinski definition) is 0. The Morgan fingerprint density at radius 3 is 2.95 bits per heavy atom. The standard InChI is InChI=1S/C13H11ClFN3OS/c1-18(13-9(8-16)12(14)17-20-13)6-7-19-11-5-3-2-4-10(11)15/h2-5H,6-7H2,1H3. The zero-order chi connectivity index (χ0) is 14.5. The number of para-hydroxylation sites is 1. The molecule has 0 N–H and O–H groups in total. The lowest BCUT2D eigenvalue weighted by Crippen LogP contribution is -2.23. The lowest BCUT2D eigenvalue weighted by Gasteiger charge is -2.17. The van der Waals surface area contributed by atoms with E-state index in [1.807, 2.05) is 11.0 Å². The number of nitrogens with zero attached hydrogens (tertiary/aromatic N) is 3. The van der Waals surface area contributed by atoms with Gasteiger partial charge >= 0.3 is 0 Å². The molecule has 0 aliphatic rings. The third-order valence-electron chi connectivity index (χ3n) is 2.61. The van der Waals surface area contributed by atoms with Crippen LogP contribution in [0.25, 0.3) is 0 Å². The largest absolute Gasteiger partial charge is 0.489 e. The molecule has 0 bridgehead atoms. The zero-order valence-electron chi connectivity index (χ0n) is 10.6. The summed E-state index contributed by atoms with van der Waals surface area (Å²) in [5.74, 6) is -0.183. The zero-order valence-corrected chi connectivity index (χ0v) is 12.2. The normalized spacial score (nSPS) is 10.1. The maximum Gasteiger partial charge on any atom is 0.165 e. The summed E-state index contributed by atoms with van der Waals surface area (Å²) in [6.07, 6.45) is 0. The van der Waals surface area contributed by atoms with Crippen LogP contribution in [0.5, 0.6) is 5.75 Å². The molecule has 0 saturated carbocycles. The van der Waals surface area contributed by atoms with E-state index in [0.717, 1.165) is 11.5 Å². The second-order valence-corrected chi connectivity index (χ2v) is 5.08. The Balaban J connectivity index is 1.94. The number of ether oxygens (including phenoxy) is 1. The second-order valence-electron chi connectivity index (χ2n) is 3.97. The van der Waals surface area contributed by atoms with E-state index >= 15 is 0 Å². The molecular weight excluding hydrogens is 301 g/mol. The molecule has 0 amide bonds. The van der Waals surface area contributed by atoms with Gasteiger partial charge < -0.3 is 9.64 Å². The van der Waals surface area contributed by atoms with Crippen LogP contribution in [0.15, 0.2) is 24.3 Å². The van der Waals surface area contributed by atoms with Crippen LogP contribution in [-0.2, 0) is 0 Å². The van der Waals surface area contributed by atoms with E-state index in [1.165, 1.54) is 6.07 Å². The molecule has 0 aliphatic heterocycles. The van der Waals surface area contributed by atoms with Crippen LogP contribution in [0.4, 0.5) is 9.39 Å². The molecule has 0 unspecified atom stereocenters. The summed E-state index contributed by atoms with van der Waals surface area (Å²) >= 11 is 6.96. The summed E-state index contributed by atoms with van der Waals surface area (Å²) in [6, 6.07) is 8.24. The van der Waals surface area contributed by atoms with Gasteiger partial charge in [-0.25, -0.2) is 4.39 Å². The van der Waals surface area contributed by atoms with Gasteiger partial charge in [-0.3, -0.25) is 0 Å². The summed E-state index contributed by atoms with van der Waals surface area (Å²) in [4.78, 5) is 1.81. The molecular formula is C13H11ClFN3OS. The third-order valence-corrected chi connectivity index (χ3v) is 3.95. The first kappa shape index (κ1) is 14.6. The van der Waals surface area contributed by atoms with Gasteiger partial charge in [-0.05, 0) is 23.7 Å². The number of benzene rings is 1. The molecule has 0 radical (unpaired) electrons. The Morgan fingerprint density at radius 1 is 1.50 bits per heavy atom. The first-order valence-corrected chi connectivity index (χ1v) is 6.92. The maximum atomic E-state index is 13.4. The summed E-state index contributed by atoms with van der Waals surface area (Å²) < 4.78 is 22.6. The summed E-state index contributed by atoms with van der Waals surface area (Å²) in [6.45, 7) is 0.777. The smallest absolute Gasteiger partial charge is 0.165 e. The molecule has 0 fully saturated rings. The van der Waals surface area contributed by atoms with E-state index in [9.17, 15) is 4.39 Å². The molecule has 2 aromatic rings. The Bertz CT molecular complexity index is 641. The van der Waals surface area contributed by atoms with Crippen molar-refractivity contribution in [2.75, 3.05) is 25.1 Å². The number of anilines is 1. The molecule has 104 valence electrons. The molecule has 1 aromatic carbocycles. The van der Waals surface area contributed by atoms with E-state index in [-0.39, 0.29) is 17.5 Å². The molecule has 0 aliphatic carbocycles. The van der Waals surface area contributed by atoms with Gasteiger partial charge in [0.25, 0.3) is 0 Å². The summed E-state index contributed by atoms with van der Waals surface area (Å²) in [7, 11) is 1.80. The van der Waals surface area contributed by atoms with Crippen molar-refractivity contribution in [1.29, 1.82) is 5.26 Å². The van der Waals surface area contributed by atoms with Crippen molar-refractivity contribution in [2.24, 2.45) is 0 Å². The highest BCUT2D eigenvalue weighted by molar-refractivity contribution is 7.10. The minimum atomic E-state index is -0.395. The lowest BCUT2D eigenvalue weighted by molar-refractivity contribution is 0.309. The molecule has 1 heterocycles. The predicted octanol–water partition coefficient (Wildman–Crippen LogP) is 3.32. The highest BCUT2D eigenvalue weighted by atomic mass is 35.5. The molecule has 20 heavy (non-hydrogen) atoms. The fourth-order valence-electron chi connectivity index (χ4n) is 1.57. The molecule has 1 aromatic heterocycles. The van der Waals surface area contributed by atoms with Gasteiger partial charge in [-0.1, -0.05) is 23.7 Å². The molecule has 7 heteroatoms. The van der Waals surface area contributed by atoms with Gasteiger partial charge in [0.2, 0.25) is 0 Å². The van der Waals surface area contributed by atoms with Crippen LogP contribution in [0, 0.1) is 17.1 Å². The Hall–Kier alpha value is -1.84. The minimum absolute atomic E-state index is 0.203. The van der Waals surface area contributed by atoms with Crippen LogP contribution in [-0.4, -0.2) is 24.6 Å². The summed E-state index contributed by atoms with van der Waals surface area (Å²) in [5, 5.41) is 9.88. The Kier molecular flexibility index (Phi) is 4.77. The summed E-state index contributed by atoms with van der Waals surface area (Å²) in [5.41, 5.74) is 0.352. The first-order chi connectivity index (χ1) is 9.63. The van der Waals surface area contributed by atoms with E-state index in [4.69, 9.17) is 21.6 Å². The second kappa shape index (κ2) is 6.55. The molecule has 0 atom stereocenters. The van der Waals surface area contributed by atoms with Gasteiger partial charge in [-0.15, -0.1) is 0 Å². The number of rotatable bonds is 5. The number of aromatic nitrogens is 1. The van der Waals surface area contributed by atoms with Gasteiger partial charge in [0.05, 0.1) is 6.54 Å². The third kappa shape index (κ3) is 3.18. The number of likely N-dealkylation sites (N-methyl/N-ethyl adjacent to an activating group) is 1. The van der Waals surface area contributed by atoms with E-state index < -0.39 is 5.82 Å². The fraction of sp³-hybridized carbons (Fsp3) is 0.231. The van der Waals surface area contributed by atoms with Crippen molar-refractivity contribution in [3.63, 3.8) is 0 Å². The van der Waals surface area contributed by atoms with Crippen molar-refractivity contribution >= 4 is 28.1 Å². The van der Waals surface area contributed by atoms with Crippen molar-refractivity contribution < 1.29 is 9.13 Å². The highest BCUT2D eigenvalue weighted by Crippen LogP contribution is 2.30. The van der Waals surface area contributed by atoms with Crippen LogP contribution < -0.4 is 9.64 Å². The average molecular weight is 312 g/mol. The van der Waals surface area contributed by atoms with Crippen LogP contribution in [0.1, 0.15) is 5.56 Å². The van der Waals surface area contributed by atoms with Gasteiger partial charge in [-0.2, -0.15) is 9.64 Å². The minimum Gasteiger partial charge on any atom is -0.489 e. The molecule has 0 spiro atoms. The quantitative estimate of drug-likeness (QED) is 0.850. The van der Waals surface area contributed by atoms with E-state index in [1.54, 1.807) is 25.2 Å². The van der Waals surface area contributed by atoms with Crippen LogP contribution in [0.3, 0.4) is 0 Å². The number of hydrogen-bond acceptors (Lipinski definition) is 5. The lowest BCUT2D eigenvalue weighted by atomic mass is 10.3. The topological polar surface area (TPSA) is 49.1 Å². The van der Waals surface area contributed by atoms with Gasteiger partial charge in [0.1, 0.15) is 23.2 Å². The highest BCUT2D eigenvalue weighted by Gasteiger charge is 2.15. The van der Waals surface area contributed by atoms with Gasteiger partial charge in [0, 0.05) is 7.05 Å². The Labute approximate surface area is 125 Å². The molecule has 4 nitrogen and oxygen atoms in total. The Morgan fingerprint density at radius 2 is 2.25 bits per heavy atom. The van der Waals surface area contributed by atoms with Gasteiger partial charge in [0.15, 0.2) is 16.7 Å². The molecule has 2 rings (SSSR count). The van der Waals surface area contributed by atoms with Crippen LogP contribution in [0.2, 0.25) is 5.15 Å². The molecule has 0 saturated heterocycles. The van der Waals surface area contributed by atoms with Crippen molar-refractivity contribution in [1.82, 2.24) is 4.37 Å². The van der Waals surface area contributed by atoms with Crippen molar-refractivity contribution in [3.05, 3.63) is 40.8 Å². The number of nitriles is 1. The first-order valence-electron chi connectivity index (χ1n) is 5.77. The van der Waals surface area contributed by atoms with Crippen molar-refractivity contribution in [3.8, 4) is 11.8 Å². The van der Waals surface area contributed by atoms with Crippen LogP contribution >= 0.6 is 23.1 Å². The maximum absolute atomic E-state index is 13.4.